The van der Waals surface area contributed by atoms with Crippen molar-refractivity contribution in [3.05, 3.63) is 121 Å². The molecule has 6 aromatic rings. The maximum absolute atomic E-state index is 5.68. The van der Waals surface area contributed by atoms with Crippen LogP contribution >= 0.6 is 11.8 Å². The summed E-state index contributed by atoms with van der Waals surface area (Å²) in [6, 6.07) is 40.5. The van der Waals surface area contributed by atoms with Crippen LogP contribution in [0.1, 0.15) is 5.56 Å². The number of para-hydroxylation sites is 3. The predicted molar refractivity (Wildman–Crippen MR) is 169 cm³/mol. The van der Waals surface area contributed by atoms with Crippen LogP contribution in [-0.4, -0.2) is 19.2 Å². The monoisotopic (exact) mass is 552 g/mol. The standard InChI is InChI=1S/C36H28N2O2S/c1-23-15-17-24(18-16-23)28-22-27(25-19-20-32(39-2)33(21-25)40-3)26-9-8-12-31(36(26)37-28)38-29-10-4-6-13-34(29)41-35-14-7-5-11-30(35)38/h4-22H,1-3H3. The fourth-order valence-electron chi connectivity index (χ4n) is 5.49. The largest absolute Gasteiger partial charge is 0.493 e. The van der Waals surface area contributed by atoms with Crippen molar-refractivity contribution in [2.45, 2.75) is 16.7 Å². The van der Waals surface area contributed by atoms with E-state index < -0.39 is 0 Å². The Balaban J connectivity index is 1.54. The zero-order valence-corrected chi connectivity index (χ0v) is 23.9. The van der Waals surface area contributed by atoms with E-state index in [0.717, 1.165) is 50.3 Å². The second-order valence-electron chi connectivity index (χ2n) is 10.0. The molecular formula is C36H28N2O2S. The van der Waals surface area contributed by atoms with Gasteiger partial charge in [-0.05, 0) is 66.6 Å². The van der Waals surface area contributed by atoms with Gasteiger partial charge in [-0.1, -0.05) is 84.1 Å². The fourth-order valence-corrected chi connectivity index (χ4v) is 6.55. The Morgan fingerprint density at radius 3 is 1.93 bits per heavy atom. The fraction of sp³-hybridized carbons (Fsp3) is 0.0833. The molecule has 7 rings (SSSR count). The van der Waals surface area contributed by atoms with E-state index in [1.165, 1.54) is 15.4 Å². The van der Waals surface area contributed by atoms with E-state index in [9.17, 15) is 0 Å². The van der Waals surface area contributed by atoms with Crippen molar-refractivity contribution < 1.29 is 9.47 Å². The Morgan fingerprint density at radius 2 is 1.24 bits per heavy atom. The van der Waals surface area contributed by atoms with Gasteiger partial charge in [0, 0.05) is 20.7 Å². The first-order valence-corrected chi connectivity index (χ1v) is 14.4. The van der Waals surface area contributed by atoms with Gasteiger partial charge in [0.15, 0.2) is 11.5 Å². The van der Waals surface area contributed by atoms with Crippen LogP contribution in [0.4, 0.5) is 17.1 Å². The number of aryl methyl sites for hydroxylation is 1. The second kappa shape index (κ2) is 10.3. The molecule has 4 nitrogen and oxygen atoms in total. The lowest BCUT2D eigenvalue weighted by atomic mass is 9.96. The smallest absolute Gasteiger partial charge is 0.161 e. The highest BCUT2D eigenvalue weighted by molar-refractivity contribution is 7.99. The number of anilines is 3. The summed E-state index contributed by atoms with van der Waals surface area (Å²) in [6.07, 6.45) is 0. The topological polar surface area (TPSA) is 34.6 Å². The van der Waals surface area contributed by atoms with Gasteiger partial charge in [-0.3, -0.25) is 0 Å². The summed E-state index contributed by atoms with van der Waals surface area (Å²) in [5.74, 6) is 1.40. The van der Waals surface area contributed by atoms with Gasteiger partial charge in [0.05, 0.1) is 42.5 Å². The van der Waals surface area contributed by atoms with E-state index in [1.807, 2.05) is 23.9 Å². The molecule has 0 atom stereocenters. The number of aromatic nitrogens is 1. The van der Waals surface area contributed by atoms with Gasteiger partial charge < -0.3 is 14.4 Å². The molecule has 41 heavy (non-hydrogen) atoms. The molecule has 5 heteroatoms. The number of methoxy groups -OCH3 is 2. The molecule has 0 saturated carbocycles. The number of benzene rings is 5. The zero-order valence-electron chi connectivity index (χ0n) is 23.1. The van der Waals surface area contributed by atoms with Crippen LogP contribution in [0.15, 0.2) is 125 Å². The number of nitrogens with zero attached hydrogens (tertiary/aromatic N) is 2. The van der Waals surface area contributed by atoms with Crippen molar-refractivity contribution in [1.82, 2.24) is 4.98 Å². The Labute approximate surface area is 244 Å². The van der Waals surface area contributed by atoms with E-state index in [-0.39, 0.29) is 0 Å². The predicted octanol–water partition coefficient (Wildman–Crippen LogP) is 9.83. The average Bonchev–Trinajstić information content (AvgIpc) is 3.03. The Bertz CT molecular complexity index is 1870. The molecule has 1 aromatic heterocycles. The second-order valence-corrected chi connectivity index (χ2v) is 11.1. The van der Waals surface area contributed by atoms with E-state index in [0.29, 0.717) is 11.5 Å². The van der Waals surface area contributed by atoms with E-state index in [1.54, 1.807) is 14.2 Å². The Kier molecular flexibility index (Phi) is 6.37. The number of rotatable bonds is 5. The molecule has 200 valence electrons. The van der Waals surface area contributed by atoms with Crippen LogP contribution in [0.25, 0.3) is 33.3 Å². The van der Waals surface area contributed by atoms with Crippen molar-refractivity contribution >= 4 is 39.7 Å². The molecule has 0 aliphatic carbocycles. The minimum absolute atomic E-state index is 0.693. The molecule has 0 saturated heterocycles. The highest BCUT2D eigenvalue weighted by Crippen LogP contribution is 2.52. The Hall–Kier alpha value is -4.74. The van der Waals surface area contributed by atoms with Gasteiger partial charge in [0.1, 0.15) is 0 Å². The number of hydrogen-bond acceptors (Lipinski definition) is 5. The normalized spacial score (nSPS) is 12.1. The van der Waals surface area contributed by atoms with Crippen molar-refractivity contribution in [1.29, 1.82) is 0 Å². The van der Waals surface area contributed by atoms with E-state index in [4.69, 9.17) is 14.5 Å². The van der Waals surface area contributed by atoms with Crippen molar-refractivity contribution in [2.24, 2.45) is 0 Å². The summed E-state index contributed by atoms with van der Waals surface area (Å²) in [7, 11) is 3.33. The molecule has 5 aromatic carbocycles. The third-order valence-corrected chi connectivity index (χ3v) is 8.66. The molecule has 0 spiro atoms. The van der Waals surface area contributed by atoms with E-state index >= 15 is 0 Å². The highest BCUT2D eigenvalue weighted by Gasteiger charge is 2.26. The summed E-state index contributed by atoms with van der Waals surface area (Å²) in [4.78, 5) is 10.1. The first-order valence-electron chi connectivity index (χ1n) is 13.5. The number of pyridine rings is 1. The molecule has 1 aliphatic heterocycles. The van der Waals surface area contributed by atoms with Crippen molar-refractivity contribution in [2.75, 3.05) is 19.1 Å². The molecule has 0 amide bonds. The van der Waals surface area contributed by atoms with Gasteiger partial charge in [-0.2, -0.15) is 0 Å². The van der Waals surface area contributed by atoms with Gasteiger partial charge in [0.25, 0.3) is 0 Å². The average molecular weight is 553 g/mol. The van der Waals surface area contributed by atoms with Crippen LogP contribution in [0.2, 0.25) is 0 Å². The first-order chi connectivity index (χ1) is 20.1. The third kappa shape index (κ3) is 4.39. The van der Waals surface area contributed by atoms with E-state index in [2.05, 4.69) is 115 Å². The summed E-state index contributed by atoms with van der Waals surface area (Å²) < 4.78 is 11.2. The van der Waals surface area contributed by atoms with Crippen LogP contribution in [0.3, 0.4) is 0 Å². The van der Waals surface area contributed by atoms with Crippen LogP contribution < -0.4 is 14.4 Å². The Morgan fingerprint density at radius 1 is 0.610 bits per heavy atom. The lowest BCUT2D eigenvalue weighted by molar-refractivity contribution is 0.355. The minimum atomic E-state index is 0.693. The lowest BCUT2D eigenvalue weighted by Gasteiger charge is -2.33. The number of ether oxygens (including phenoxy) is 2. The van der Waals surface area contributed by atoms with Gasteiger partial charge in [-0.15, -0.1) is 0 Å². The molecule has 0 unspecified atom stereocenters. The van der Waals surface area contributed by atoms with Gasteiger partial charge in [0.2, 0.25) is 0 Å². The van der Waals surface area contributed by atoms with Crippen LogP contribution in [-0.2, 0) is 0 Å². The first kappa shape index (κ1) is 25.2. The van der Waals surface area contributed by atoms with Gasteiger partial charge >= 0.3 is 0 Å². The zero-order chi connectivity index (χ0) is 27.9. The maximum Gasteiger partial charge on any atom is 0.161 e. The summed E-state index contributed by atoms with van der Waals surface area (Å²) >= 11 is 1.81. The minimum Gasteiger partial charge on any atom is -0.493 e. The molecule has 0 fully saturated rings. The molecule has 0 radical (unpaired) electrons. The molecule has 0 bridgehead atoms. The molecule has 2 heterocycles. The summed E-state index contributed by atoms with van der Waals surface area (Å²) in [5.41, 5.74) is 9.61. The summed E-state index contributed by atoms with van der Waals surface area (Å²) in [5, 5.41) is 1.07. The van der Waals surface area contributed by atoms with Crippen LogP contribution in [0.5, 0.6) is 11.5 Å². The maximum atomic E-state index is 5.68. The quantitative estimate of drug-likeness (QED) is 0.212. The summed E-state index contributed by atoms with van der Waals surface area (Å²) in [6.45, 7) is 2.11. The van der Waals surface area contributed by atoms with Crippen LogP contribution in [0, 0.1) is 6.92 Å². The van der Waals surface area contributed by atoms with Gasteiger partial charge in [-0.25, -0.2) is 4.98 Å². The van der Waals surface area contributed by atoms with Crippen molar-refractivity contribution in [3.8, 4) is 33.9 Å². The molecule has 1 aliphatic rings. The number of fused-ring (bicyclic) bond motifs is 3. The number of hydrogen-bond donors (Lipinski definition) is 0. The molecule has 0 N–H and O–H groups in total. The SMILES string of the molecule is COc1ccc(-c2cc(-c3ccc(C)cc3)nc3c(N4c5ccccc5Sc5ccccc54)cccc23)cc1OC. The molecular weight excluding hydrogens is 524 g/mol. The highest BCUT2D eigenvalue weighted by atomic mass is 32.2. The van der Waals surface area contributed by atoms with Crippen molar-refractivity contribution in [3.63, 3.8) is 0 Å². The lowest BCUT2D eigenvalue weighted by Crippen LogP contribution is -2.15. The third-order valence-electron chi connectivity index (χ3n) is 7.53.